The second kappa shape index (κ2) is 11.1. The highest BCUT2D eigenvalue weighted by Crippen LogP contribution is 2.40. The number of sulfone groups is 1. The third-order valence-electron chi connectivity index (χ3n) is 7.21. The lowest BCUT2D eigenvalue weighted by Gasteiger charge is -2.28. The minimum absolute atomic E-state index is 0.120. The number of hydrogen-bond donors (Lipinski definition) is 1. The van der Waals surface area contributed by atoms with Gasteiger partial charge in [0.15, 0.2) is 9.84 Å². The van der Waals surface area contributed by atoms with E-state index in [9.17, 15) is 12.8 Å². The van der Waals surface area contributed by atoms with Gasteiger partial charge in [0.05, 0.1) is 51.8 Å². The highest BCUT2D eigenvalue weighted by molar-refractivity contribution is 7.90. The molecule has 0 bridgehead atoms. The second-order valence-corrected chi connectivity index (χ2v) is 12.1. The van der Waals surface area contributed by atoms with Gasteiger partial charge in [0, 0.05) is 61.1 Å². The van der Waals surface area contributed by atoms with Crippen LogP contribution in [-0.4, -0.2) is 55.9 Å². The molecule has 0 radical (unpaired) electrons. The van der Waals surface area contributed by atoms with Crippen molar-refractivity contribution in [1.29, 1.82) is 0 Å². The first kappa shape index (κ1) is 27.7. The molecule has 4 heterocycles. The molecule has 1 aliphatic rings. The predicted octanol–water partition coefficient (Wildman–Crippen LogP) is 5.93. The summed E-state index contributed by atoms with van der Waals surface area (Å²) in [7, 11) is -3.48. The Labute approximate surface area is 242 Å². The first-order chi connectivity index (χ1) is 20.2. The first-order valence-corrected chi connectivity index (χ1v) is 15.2. The minimum Gasteiger partial charge on any atom is -0.378 e. The number of ether oxygens (including phenoxy) is 1. The number of aromatic nitrogens is 3. The summed E-state index contributed by atoms with van der Waals surface area (Å²) in [5.74, 6) is -0.832. The Morgan fingerprint density at radius 1 is 0.976 bits per heavy atom. The molecule has 0 amide bonds. The molecule has 42 heavy (non-hydrogen) atoms. The molecule has 6 rings (SSSR count). The van der Waals surface area contributed by atoms with Crippen LogP contribution in [0.4, 0.5) is 26.0 Å². The largest absolute Gasteiger partial charge is 0.378 e. The highest BCUT2D eigenvalue weighted by atomic mass is 32.2. The van der Waals surface area contributed by atoms with E-state index in [0.717, 1.165) is 12.3 Å². The van der Waals surface area contributed by atoms with Crippen LogP contribution >= 0.6 is 0 Å². The number of anilines is 3. The van der Waals surface area contributed by atoms with E-state index in [0.29, 0.717) is 71.6 Å². The normalized spacial score (nSPS) is 13.9. The predicted molar refractivity (Wildman–Crippen MR) is 159 cm³/mol. The maximum Gasteiger partial charge on any atom is 0.175 e. The van der Waals surface area contributed by atoms with E-state index in [-0.39, 0.29) is 15.8 Å². The third kappa shape index (κ3) is 5.40. The molecule has 1 fully saturated rings. The molecule has 0 aliphatic carbocycles. The summed E-state index contributed by atoms with van der Waals surface area (Å²) in [4.78, 5) is 15.9. The van der Waals surface area contributed by atoms with Crippen LogP contribution < -0.4 is 10.2 Å². The number of rotatable bonds is 6. The summed E-state index contributed by atoms with van der Waals surface area (Å²) in [6.07, 6.45) is 4.45. The average Bonchev–Trinajstić information content (AvgIpc) is 2.99. The molecule has 0 atom stereocenters. The molecule has 0 unspecified atom stereocenters. The van der Waals surface area contributed by atoms with Crippen LogP contribution in [-0.2, 0) is 14.6 Å². The molecule has 1 aliphatic heterocycles. The quantitative estimate of drug-likeness (QED) is 0.261. The van der Waals surface area contributed by atoms with Gasteiger partial charge in [0.2, 0.25) is 0 Å². The lowest BCUT2D eigenvalue weighted by atomic mass is 10.0. The van der Waals surface area contributed by atoms with E-state index in [1.807, 2.05) is 12.1 Å². The lowest BCUT2D eigenvalue weighted by Crippen LogP contribution is -2.36. The van der Waals surface area contributed by atoms with Crippen molar-refractivity contribution >= 4 is 37.9 Å². The Kier molecular flexibility index (Phi) is 7.29. The zero-order valence-corrected chi connectivity index (χ0v) is 23.8. The smallest absolute Gasteiger partial charge is 0.175 e. The van der Waals surface area contributed by atoms with Crippen LogP contribution in [0.25, 0.3) is 33.4 Å². The van der Waals surface area contributed by atoms with E-state index < -0.39 is 21.5 Å². The lowest BCUT2D eigenvalue weighted by molar-refractivity contribution is 0.122. The van der Waals surface area contributed by atoms with Crippen LogP contribution in [0.15, 0.2) is 78.0 Å². The molecule has 214 valence electrons. The Morgan fingerprint density at radius 2 is 1.79 bits per heavy atom. The second-order valence-electron chi connectivity index (χ2n) is 10.1. The standard InChI is InChI=1S/C31H27F2N5O3S/c1-19-30(25-8-3-4-9-34-25)37-27-16-21(32)15-24(33)29(27)31(19)36-26-17-28(38-10-12-41-13-11-38)35-18-23(26)20-6-5-7-22(14-20)42(2,39)40/h3-9,14-18H,10-13H2,1-2H3,(H,35,36,37). The van der Waals surface area contributed by atoms with Gasteiger partial charge in [-0.05, 0) is 36.8 Å². The Balaban J connectivity index is 1.58. The maximum absolute atomic E-state index is 15.5. The Hall–Kier alpha value is -4.48. The number of hydrogen-bond acceptors (Lipinski definition) is 8. The van der Waals surface area contributed by atoms with Gasteiger partial charge in [0.1, 0.15) is 17.5 Å². The summed E-state index contributed by atoms with van der Waals surface area (Å²) >= 11 is 0. The summed E-state index contributed by atoms with van der Waals surface area (Å²) in [6.45, 7) is 4.20. The number of morpholine rings is 1. The zero-order chi connectivity index (χ0) is 29.4. The summed E-state index contributed by atoms with van der Waals surface area (Å²) in [6, 6.07) is 15.8. The van der Waals surface area contributed by atoms with E-state index >= 15 is 4.39 Å². The Morgan fingerprint density at radius 3 is 2.52 bits per heavy atom. The van der Waals surface area contributed by atoms with E-state index in [1.165, 1.54) is 12.1 Å². The van der Waals surface area contributed by atoms with Crippen molar-refractivity contribution in [3.8, 4) is 22.5 Å². The number of benzene rings is 2. The number of nitrogens with one attached hydrogen (secondary N) is 1. The highest BCUT2D eigenvalue weighted by Gasteiger charge is 2.22. The zero-order valence-electron chi connectivity index (χ0n) is 22.9. The van der Waals surface area contributed by atoms with E-state index in [2.05, 4.69) is 25.2 Å². The molecular weight excluding hydrogens is 560 g/mol. The minimum atomic E-state index is -3.48. The fourth-order valence-corrected chi connectivity index (χ4v) is 5.75. The summed E-state index contributed by atoms with van der Waals surface area (Å²) < 4.78 is 60.0. The Bertz CT molecular complexity index is 1910. The SMILES string of the molecule is Cc1c(-c2ccccn2)nc2cc(F)cc(F)c2c1Nc1cc(N2CCOCC2)ncc1-c1cccc(S(C)(=O)=O)c1. The fourth-order valence-electron chi connectivity index (χ4n) is 5.09. The van der Waals surface area contributed by atoms with Crippen LogP contribution in [0.1, 0.15) is 5.56 Å². The van der Waals surface area contributed by atoms with Crippen LogP contribution in [0, 0.1) is 18.6 Å². The van der Waals surface area contributed by atoms with Crippen LogP contribution in [0.3, 0.4) is 0 Å². The molecule has 5 aromatic rings. The summed E-state index contributed by atoms with van der Waals surface area (Å²) in [5.41, 5.74) is 3.91. The van der Waals surface area contributed by atoms with Gasteiger partial charge in [-0.3, -0.25) is 4.98 Å². The fraction of sp³-hybridized carbons (Fsp3) is 0.194. The molecular formula is C31H27F2N5O3S. The molecule has 3 aromatic heterocycles. The van der Waals surface area contributed by atoms with Gasteiger partial charge in [-0.1, -0.05) is 18.2 Å². The number of halogens is 2. The van der Waals surface area contributed by atoms with Gasteiger partial charge in [0.25, 0.3) is 0 Å². The van der Waals surface area contributed by atoms with E-state index in [1.54, 1.807) is 49.6 Å². The number of pyridine rings is 3. The van der Waals surface area contributed by atoms with E-state index in [4.69, 9.17) is 4.74 Å². The van der Waals surface area contributed by atoms with Gasteiger partial charge >= 0.3 is 0 Å². The summed E-state index contributed by atoms with van der Waals surface area (Å²) in [5, 5.41) is 3.53. The topological polar surface area (TPSA) is 97.3 Å². The van der Waals surface area contributed by atoms with Crippen LogP contribution in [0.2, 0.25) is 0 Å². The van der Waals surface area contributed by atoms with Gasteiger partial charge in [-0.15, -0.1) is 0 Å². The molecule has 2 aromatic carbocycles. The van der Waals surface area contributed by atoms with Gasteiger partial charge in [-0.2, -0.15) is 0 Å². The van der Waals surface area contributed by atoms with Crippen molar-refractivity contribution in [2.24, 2.45) is 0 Å². The third-order valence-corrected chi connectivity index (χ3v) is 8.32. The van der Waals surface area contributed by atoms with Crippen molar-refractivity contribution < 1.29 is 21.9 Å². The number of nitrogens with zero attached hydrogens (tertiary/aromatic N) is 4. The van der Waals surface area contributed by atoms with Crippen LogP contribution in [0.5, 0.6) is 0 Å². The molecule has 1 N–H and O–H groups in total. The van der Waals surface area contributed by atoms with Gasteiger partial charge < -0.3 is 15.0 Å². The van der Waals surface area contributed by atoms with Crippen molar-refractivity contribution in [3.05, 3.63) is 90.3 Å². The van der Waals surface area contributed by atoms with Crippen molar-refractivity contribution in [3.63, 3.8) is 0 Å². The molecule has 1 saturated heterocycles. The first-order valence-electron chi connectivity index (χ1n) is 13.3. The van der Waals surface area contributed by atoms with Crippen molar-refractivity contribution in [1.82, 2.24) is 15.0 Å². The number of fused-ring (bicyclic) bond motifs is 1. The molecule has 0 spiro atoms. The monoisotopic (exact) mass is 587 g/mol. The maximum atomic E-state index is 15.5. The van der Waals surface area contributed by atoms with Crippen molar-refractivity contribution in [2.45, 2.75) is 11.8 Å². The molecule has 11 heteroatoms. The van der Waals surface area contributed by atoms with Gasteiger partial charge in [-0.25, -0.2) is 27.2 Å². The molecule has 0 saturated carbocycles. The average molecular weight is 588 g/mol. The molecule has 8 nitrogen and oxygen atoms in total. The van der Waals surface area contributed by atoms with Crippen molar-refractivity contribution in [2.75, 3.05) is 42.8 Å².